The number of rotatable bonds is 9. The fourth-order valence-electron chi connectivity index (χ4n) is 4.23. The number of allylic oxidation sites excluding steroid dienone is 2. The summed E-state index contributed by atoms with van der Waals surface area (Å²) in [6, 6.07) is 5.27. The SMILES string of the molecule is CCCNC(=O)[C@H](C)N(Cc1ccccc1F)C(=O)CCN1C(=O)[C@H]2CC=CC[C@H]2C1=O. The van der Waals surface area contributed by atoms with Gasteiger partial charge in [0.05, 0.1) is 11.8 Å². The second kappa shape index (κ2) is 10.5. The number of benzene rings is 1. The van der Waals surface area contributed by atoms with Crippen LogP contribution in [0.2, 0.25) is 0 Å². The average molecular weight is 444 g/mol. The predicted molar refractivity (Wildman–Crippen MR) is 116 cm³/mol. The molecule has 1 saturated heterocycles. The van der Waals surface area contributed by atoms with Crippen LogP contribution in [0.1, 0.15) is 45.1 Å². The Hall–Kier alpha value is -3.03. The number of carbonyl (C=O) groups is 4. The van der Waals surface area contributed by atoms with Gasteiger partial charge in [-0.15, -0.1) is 0 Å². The molecule has 1 aromatic rings. The zero-order valence-electron chi connectivity index (χ0n) is 18.6. The maximum Gasteiger partial charge on any atom is 0.242 e. The predicted octanol–water partition coefficient (Wildman–Crippen LogP) is 2.41. The molecular weight excluding hydrogens is 413 g/mol. The van der Waals surface area contributed by atoms with Crippen LogP contribution in [0.4, 0.5) is 4.39 Å². The number of nitrogens with one attached hydrogen (secondary N) is 1. The van der Waals surface area contributed by atoms with Gasteiger partial charge >= 0.3 is 0 Å². The third kappa shape index (κ3) is 5.06. The first-order valence-corrected chi connectivity index (χ1v) is 11.2. The first-order valence-electron chi connectivity index (χ1n) is 11.2. The van der Waals surface area contributed by atoms with Gasteiger partial charge in [-0.05, 0) is 32.3 Å². The van der Waals surface area contributed by atoms with E-state index >= 15 is 0 Å². The van der Waals surface area contributed by atoms with Crippen molar-refractivity contribution in [2.24, 2.45) is 11.8 Å². The van der Waals surface area contributed by atoms with E-state index in [-0.39, 0.29) is 49.1 Å². The minimum Gasteiger partial charge on any atom is -0.354 e. The second-order valence-electron chi connectivity index (χ2n) is 8.31. The van der Waals surface area contributed by atoms with Crippen molar-refractivity contribution in [1.29, 1.82) is 0 Å². The zero-order chi connectivity index (χ0) is 23.3. The van der Waals surface area contributed by atoms with Crippen molar-refractivity contribution in [3.8, 4) is 0 Å². The van der Waals surface area contributed by atoms with Crippen molar-refractivity contribution in [2.45, 2.75) is 52.1 Å². The van der Waals surface area contributed by atoms with Crippen molar-refractivity contribution >= 4 is 23.6 Å². The molecule has 0 aromatic heterocycles. The quantitative estimate of drug-likeness (QED) is 0.469. The number of halogens is 1. The van der Waals surface area contributed by atoms with Gasteiger partial charge in [-0.2, -0.15) is 0 Å². The lowest BCUT2D eigenvalue weighted by molar-refractivity contribution is -0.143. The van der Waals surface area contributed by atoms with Crippen molar-refractivity contribution in [3.63, 3.8) is 0 Å². The summed E-state index contributed by atoms with van der Waals surface area (Å²) in [7, 11) is 0. The molecule has 3 atom stereocenters. The largest absolute Gasteiger partial charge is 0.354 e. The van der Waals surface area contributed by atoms with Crippen LogP contribution in [0.5, 0.6) is 0 Å². The Balaban J connectivity index is 1.71. The van der Waals surface area contributed by atoms with E-state index in [0.717, 1.165) is 6.42 Å². The number of amides is 4. The summed E-state index contributed by atoms with van der Waals surface area (Å²) in [5.41, 5.74) is 0.293. The number of carbonyl (C=O) groups excluding carboxylic acids is 4. The van der Waals surface area contributed by atoms with E-state index in [0.29, 0.717) is 24.9 Å². The summed E-state index contributed by atoms with van der Waals surface area (Å²) in [4.78, 5) is 53.5. The third-order valence-electron chi connectivity index (χ3n) is 6.16. The van der Waals surface area contributed by atoms with Gasteiger partial charge in [0.2, 0.25) is 23.6 Å². The van der Waals surface area contributed by atoms with E-state index in [4.69, 9.17) is 0 Å². The molecule has 1 aromatic carbocycles. The lowest BCUT2D eigenvalue weighted by Crippen LogP contribution is -2.48. The first kappa shape index (κ1) is 23.6. The van der Waals surface area contributed by atoms with Gasteiger partial charge in [0.1, 0.15) is 11.9 Å². The van der Waals surface area contributed by atoms with Crippen molar-refractivity contribution in [3.05, 3.63) is 47.8 Å². The van der Waals surface area contributed by atoms with Gasteiger partial charge in [0, 0.05) is 31.6 Å². The van der Waals surface area contributed by atoms with Crippen LogP contribution in [-0.2, 0) is 25.7 Å². The van der Waals surface area contributed by atoms with Crippen LogP contribution in [0.25, 0.3) is 0 Å². The Bertz CT molecular complexity index is 890. The van der Waals surface area contributed by atoms with Crippen molar-refractivity contribution in [1.82, 2.24) is 15.1 Å². The van der Waals surface area contributed by atoms with Crippen LogP contribution < -0.4 is 5.32 Å². The molecule has 4 amide bonds. The molecular formula is C24H30FN3O4. The Morgan fingerprint density at radius 3 is 2.38 bits per heavy atom. The maximum absolute atomic E-state index is 14.2. The highest BCUT2D eigenvalue weighted by atomic mass is 19.1. The van der Waals surface area contributed by atoms with Gasteiger partial charge in [-0.1, -0.05) is 37.3 Å². The molecule has 32 heavy (non-hydrogen) atoms. The van der Waals surface area contributed by atoms with Gasteiger partial charge in [-0.25, -0.2) is 4.39 Å². The van der Waals surface area contributed by atoms with Gasteiger partial charge in [0.25, 0.3) is 0 Å². The fourth-order valence-corrected chi connectivity index (χ4v) is 4.23. The molecule has 172 valence electrons. The molecule has 1 heterocycles. The molecule has 1 aliphatic heterocycles. The molecule has 8 heteroatoms. The molecule has 0 radical (unpaired) electrons. The first-order chi connectivity index (χ1) is 15.3. The maximum atomic E-state index is 14.2. The Morgan fingerprint density at radius 2 is 1.78 bits per heavy atom. The number of fused-ring (bicyclic) bond motifs is 1. The molecule has 0 bridgehead atoms. The smallest absolute Gasteiger partial charge is 0.242 e. The second-order valence-corrected chi connectivity index (χ2v) is 8.31. The summed E-state index contributed by atoms with van der Waals surface area (Å²) in [5, 5.41) is 2.76. The lowest BCUT2D eigenvalue weighted by Gasteiger charge is -2.29. The number of imide groups is 1. The highest BCUT2D eigenvalue weighted by Crippen LogP contribution is 2.35. The van der Waals surface area contributed by atoms with E-state index in [1.54, 1.807) is 25.1 Å². The van der Waals surface area contributed by atoms with Crippen LogP contribution in [0.3, 0.4) is 0 Å². The molecule has 1 N–H and O–H groups in total. The Labute approximate surface area is 187 Å². The average Bonchev–Trinajstić information content (AvgIpc) is 3.04. The van der Waals surface area contributed by atoms with Gasteiger partial charge in [-0.3, -0.25) is 24.1 Å². The molecule has 0 unspecified atom stereocenters. The van der Waals surface area contributed by atoms with Crippen LogP contribution in [0, 0.1) is 17.7 Å². The zero-order valence-corrected chi connectivity index (χ0v) is 18.6. The third-order valence-corrected chi connectivity index (χ3v) is 6.16. The number of likely N-dealkylation sites (tertiary alicyclic amines) is 1. The summed E-state index contributed by atoms with van der Waals surface area (Å²) in [5.74, 6) is -2.40. The Morgan fingerprint density at radius 1 is 1.16 bits per heavy atom. The molecule has 2 aliphatic rings. The van der Waals surface area contributed by atoms with Gasteiger partial charge in [0.15, 0.2) is 0 Å². The number of hydrogen-bond acceptors (Lipinski definition) is 4. The number of nitrogens with zero attached hydrogens (tertiary/aromatic N) is 2. The van der Waals surface area contributed by atoms with Crippen molar-refractivity contribution in [2.75, 3.05) is 13.1 Å². The van der Waals surface area contributed by atoms with E-state index in [1.807, 2.05) is 19.1 Å². The van der Waals surface area contributed by atoms with Gasteiger partial charge < -0.3 is 10.2 Å². The molecule has 1 fully saturated rings. The molecule has 1 aliphatic carbocycles. The number of hydrogen-bond donors (Lipinski definition) is 1. The summed E-state index contributed by atoms with van der Waals surface area (Å²) in [6.45, 7) is 3.86. The summed E-state index contributed by atoms with van der Waals surface area (Å²) in [6.07, 6.45) is 5.52. The molecule has 3 rings (SSSR count). The topological polar surface area (TPSA) is 86.8 Å². The molecule has 7 nitrogen and oxygen atoms in total. The minimum atomic E-state index is -0.828. The Kier molecular flexibility index (Phi) is 7.77. The fraction of sp³-hybridized carbons (Fsp3) is 0.500. The van der Waals surface area contributed by atoms with E-state index < -0.39 is 17.8 Å². The highest BCUT2D eigenvalue weighted by Gasteiger charge is 2.47. The summed E-state index contributed by atoms with van der Waals surface area (Å²) < 4.78 is 14.2. The van der Waals surface area contributed by atoms with Crippen LogP contribution in [0.15, 0.2) is 36.4 Å². The van der Waals surface area contributed by atoms with E-state index in [2.05, 4.69) is 5.32 Å². The van der Waals surface area contributed by atoms with E-state index in [1.165, 1.54) is 15.9 Å². The normalized spacial score (nSPS) is 20.8. The standard InChI is InChI=1S/C24H30FN3O4/c1-3-13-26-22(30)16(2)28(15-17-8-4-7-11-20(17)25)21(29)12-14-27-23(31)18-9-5-6-10-19(18)24(27)32/h4-8,11,16,18-19H,3,9-10,12-15H2,1-2H3,(H,26,30)/t16-,18-,19+/m0/s1. The minimum absolute atomic E-state index is 0.0411. The molecule has 0 spiro atoms. The van der Waals surface area contributed by atoms with Crippen molar-refractivity contribution < 1.29 is 23.6 Å². The molecule has 0 saturated carbocycles. The van der Waals surface area contributed by atoms with Crippen LogP contribution in [-0.4, -0.2) is 52.6 Å². The monoisotopic (exact) mass is 443 g/mol. The highest BCUT2D eigenvalue weighted by molar-refractivity contribution is 6.05. The lowest BCUT2D eigenvalue weighted by atomic mass is 9.85. The van der Waals surface area contributed by atoms with Crippen LogP contribution >= 0.6 is 0 Å². The van der Waals surface area contributed by atoms with E-state index in [9.17, 15) is 23.6 Å². The summed E-state index contributed by atoms with van der Waals surface area (Å²) >= 11 is 0.